The number of rotatable bonds is 2. The molecule has 5 heteroatoms. The highest BCUT2D eigenvalue weighted by Gasteiger charge is 2.21. The lowest BCUT2D eigenvalue weighted by Gasteiger charge is -2.24. The summed E-state index contributed by atoms with van der Waals surface area (Å²) in [5, 5.41) is 0. The fourth-order valence-electron chi connectivity index (χ4n) is 3.28. The first-order valence-electron chi connectivity index (χ1n) is 7.34. The molecule has 0 saturated carbocycles. The second-order valence-corrected chi connectivity index (χ2v) is 5.62. The van der Waals surface area contributed by atoms with Gasteiger partial charge in [-0.05, 0) is 36.3 Å². The number of benzene rings is 1. The Bertz CT molecular complexity index is 792. The van der Waals surface area contributed by atoms with E-state index in [1.165, 1.54) is 30.4 Å². The molecule has 0 bridgehead atoms. The van der Waals surface area contributed by atoms with Crippen LogP contribution in [-0.4, -0.2) is 19.9 Å². The van der Waals surface area contributed by atoms with Gasteiger partial charge in [0.1, 0.15) is 11.3 Å². The fraction of sp³-hybridized carbons (Fsp3) is 0.312. The van der Waals surface area contributed by atoms with Crippen molar-refractivity contribution in [1.29, 1.82) is 0 Å². The average molecular weight is 279 g/mol. The fourth-order valence-corrected chi connectivity index (χ4v) is 3.28. The zero-order chi connectivity index (χ0) is 14.2. The molecule has 3 N–H and O–H groups in total. The topological polar surface area (TPSA) is 80.5 Å². The normalized spacial score (nSPS) is 17.8. The zero-order valence-corrected chi connectivity index (χ0v) is 11.7. The number of H-pyrrole nitrogens is 1. The molecule has 0 spiro atoms. The van der Waals surface area contributed by atoms with Gasteiger partial charge in [-0.15, -0.1) is 0 Å². The van der Waals surface area contributed by atoms with E-state index < -0.39 is 0 Å². The summed E-state index contributed by atoms with van der Waals surface area (Å²) < 4.78 is 0. The molecule has 21 heavy (non-hydrogen) atoms. The van der Waals surface area contributed by atoms with Crippen LogP contribution in [0.25, 0.3) is 11.2 Å². The lowest BCUT2D eigenvalue weighted by atomic mass is 9.81. The molecule has 1 aliphatic carbocycles. The van der Waals surface area contributed by atoms with Crippen molar-refractivity contribution in [2.75, 3.05) is 5.73 Å². The van der Waals surface area contributed by atoms with E-state index in [4.69, 9.17) is 5.73 Å². The van der Waals surface area contributed by atoms with E-state index in [2.05, 4.69) is 44.2 Å². The highest BCUT2D eigenvalue weighted by molar-refractivity contribution is 5.80. The van der Waals surface area contributed by atoms with Crippen LogP contribution in [0, 0.1) is 0 Å². The Morgan fingerprint density at radius 1 is 1.24 bits per heavy atom. The lowest BCUT2D eigenvalue weighted by molar-refractivity contribution is 0.540. The van der Waals surface area contributed by atoms with Crippen LogP contribution < -0.4 is 5.73 Å². The molecular formula is C16H17N5. The van der Waals surface area contributed by atoms with Crippen molar-refractivity contribution in [1.82, 2.24) is 19.9 Å². The number of nitrogens with zero attached hydrogens (tertiary/aromatic N) is 3. The third-order valence-corrected chi connectivity index (χ3v) is 4.28. The predicted molar refractivity (Wildman–Crippen MR) is 81.9 cm³/mol. The quantitative estimate of drug-likeness (QED) is 0.755. The van der Waals surface area contributed by atoms with E-state index in [1.807, 2.05) is 0 Å². The number of hydrogen-bond donors (Lipinski definition) is 2. The maximum absolute atomic E-state index is 5.98. The number of fused-ring (bicyclic) bond motifs is 2. The number of nitrogens with two attached hydrogens (primary N) is 1. The summed E-state index contributed by atoms with van der Waals surface area (Å²) >= 11 is 0. The summed E-state index contributed by atoms with van der Waals surface area (Å²) in [6.07, 6.45) is 6.01. The molecule has 106 valence electrons. The van der Waals surface area contributed by atoms with Gasteiger partial charge >= 0.3 is 0 Å². The van der Waals surface area contributed by atoms with Crippen LogP contribution in [0.3, 0.4) is 0 Å². The number of hydrogen-bond acceptors (Lipinski definition) is 4. The number of aromatic amines is 1. The molecule has 1 unspecified atom stereocenters. The van der Waals surface area contributed by atoms with Gasteiger partial charge in [0.15, 0.2) is 11.5 Å². The first kappa shape index (κ1) is 12.3. The zero-order valence-electron chi connectivity index (χ0n) is 11.7. The van der Waals surface area contributed by atoms with E-state index in [9.17, 15) is 0 Å². The van der Waals surface area contributed by atoms with Crippen LogP contribution in [0.15, 0.2) is 30.6 Å². The van der Waals surface area contributed by atoms with E-state index in [-0.39, 0.29) is 0 Å². The van der Waals surface area contributed by atoms with Crippen molar-refractivity contribution in [3.8, 4) is 0 Å². The van der Waals surface area contributed by atoms with E-state index in [0.29, 0.717) is 17.4 Å². The highest BCUT2D eigenvalue weighted by atomic mass is 15.0. The molecule has 1 atom stereocenters. The Balaban J connectivity index is 1.69. The molecule has 4 rings (SSSR count). The summed E-state index contributed by atoms with van der Waals surface area (Å²) in [4.78, 5) is 16.1. The minimum Gasteiger partial charge on any atom is -0.382 e. The first-order valence-corrected chi connectivity index (χ1v) is 7.34. The van der Waals surface area contributed by atoms with Gasteiger partial charge in [-0.3, -0.25) is 0 Å². The number of aromatic nitrogens is 4. The molecule has 3 aromatic rings. The van der Waals surface area contributed by atoms with E-state index in [0.717, 1.165) is 17.8 Å². The molecule has 2 heterocycles. The molecular weight excluding hydrogens is 262 g/mol. The second kappa shape index (κ2) is 4.84. The maximum atomic E-state index is 5.98. The molecule has 5 nitrogen and oxygen atoms in total. The molecule has 0 radical (unpaired) electrons. The van der Waals surface area contributed by atoms with Gasteiger partial charge in [-0.25, -0.2) is 15.0 Å². The third-order valence-electron chi connectivity index (χ3n) is 4.28. The van der Waals surface area contributed by atoms with Gasteiger partial charge in [-0.1, -0.05) is 24.3 Å². The SMILES string of the molecule is Nc1nc(CC2CCCc3ccccc32)nc2nc[nH]c12. The maximum Gasteiger partial charge on any atom is 0.183 e. The number of nitrogens with one attached hydrogen (secondary N) is 1. The molecule has 0 aliphatic heterocycles. The van der Waals surface area contributed by atoms with Crippen LogP contribution in [0.1, 0.15) is 35.7 Å². The Morgan fingerprint density at radius 3 is 3.10 bits per heavy atom. The van der Waals surface area contributed by atoms with Crippen molar-refractivity contribution in [2.24, 2.45) is 0 Å². The van der Waals surface area contributed by atoms with Crippen LogP contribution in [0.2, 0.25) is 0 Å². The Morgan fingerprint density at radius 2 is 2.14 bits per heavy atom. The molecule has 0 amide bonds. The average Bonchev–Trinajstić information content (AvgIpc) is 2.97. The van der Waals surface area contributed by atoms with Crippen molar-refractivity contribution in [2.45, 2.75) is 31.6 Å². The van der Waals surface area contributed by atoms with Crippen molar-refractivity contribution in [3.05, 3.63) is 47.5 Å². The Hall–Kier alpha value is -2.43. The number of aryl methyl sites for hydroxylation is 1. The molecule has 0 saturated heterocycles. The van der Waals surface area contributed by atoms with Gasteiger partial charge in [0.05, 0.1) is 6.33 Å². The second-order valence-electron chi connectivity index (χ2n) is 5.62. The molecule has 2 aromatic heterocycles. The van der Waals surface area contributed by atoms with Gasteiger partial charge in [-0.2, -0.15) is 0 Å². The molecule has 1 aliphatic rings. The number of nitrogen functional groups attached to an aromatic ring is 1. The van der Waals surface area contributed by atoms with Crippen molar-refractivity contribution >= 4 is 17.0 Å². The van der Waals surface area contributed by atoms with Crippen molar-refractivity contribution in [3.63, 3.8) is 0 Å². The minimum atomic E-state index is 0.478. The summed E-state index contributed by atoms with van der Waals surface area (Å²) in [6.45, 7) is 0. The van der Waals surface area contributed by atoms with Crippen molar-refractivity contribution < 1.29 is 0 Å². The summed E-state index contributed by atoms with van der Waals surface area (Å²) in [7, 11) is 0. The van der Waals surface area contributed by atoms with Crippen LogP contribution in [0.5, 0.6) is 0 Å². The first-order chi connectivity index (χ1) is 10.3. The molecule has 0 fully saturated rings. The van der Waals surface area contributed by atoms with Gasteiger partial charge in [0.2, 0.25) is 0 Å². The summed E-state index contributed by atoms with van der Waals surface area (Å²) in [6, 6.07) is 8.69. The lowest BCUT2D eigenvalue weighted by Crippen LogP contribution is -2.14. The number of anilines is 1. The molecule has 1 aromatic carbocycles. The summed E-state index contributed by atoms with van der Waals surface area (Å²) in [5.41, 5.74) is 10.3. The van der Waals surface area contributed by atoms with E-state index in [1.54, 1.807) is 6.33 Å². The highest BCUT2D eigenvalue weighted by Crippen LogP contribution is 2.33. The predicted octanol–water partition coefficient (Wildman–Crippen LogP) is 2.60. The number of imidazole rings is 1. The largest absolute Gasteiger partial charge is 0.382 e. The Kier molecular flexibility index (Phi) is 2.84. The Labute approximate surface area is 122 Å². The summed E-state index contributed by atoms with van der Waals surface area (Å²) in [5.74, 6) is 1.75. The van der Waals surface area contributed by atoms with Crippen LogP contribution in [0.4, 0.5) is 5.82 Å². The van der Waals surface area contributed by atoms with Gasteiger partial charge in [0, 0.05) is 6.42 Å². The third kappa shape index (κ3) is 2.14. The van der Waals surface area contributed by atoms with E-state index >= 15 is 0 Å². The van der Waals surface area contributed by atoms with Gasteiger partial charge in [0.25, 0.3) is 0 Å². The van der Waals surface area contributed by atoms with Crippen LogP contribution in [-0.2, 0) is 12.8 Å². The monoisotopic (exact) mass is 279 g/mol. The minimum absolute atomic E-state index is 0.478. The van der Waals surface area contributed by atoms with Gasteiger partial charge < -0.3 is 10.7 Å². The van der Waals surface area contributed by atoms with Crippen LogP contribution >= 0.6 is 0 Å². The smallest absolute Gasteiger partial charge is 0.183 e. The standard InChI is InChI=1S/C16H17N5/c17-15-14-16(19-9-18-14)21-13(20-15)8-11-6-3-5-10-4-1-2-7-12(10)11/h1-2,4,7,9,11H,3,5-6,8H2,(H3,17,18,19,20,21).